The fraction of sp³-hybridized carbons (Fsp3) is 0.381. The number of nitrogens with zero attached hydrogens (tertiary/aromatic N) is 5. The Morgan fingerprint density at radius 2 is 1.65 bits per heavy atom. The van der Waals surface area contributed by atoms with Gasteiger partial charge in [-0.25, -0.2) is 9.67 Å². The lowest BCUT2D eigenvalue weighted by Gasteiger charge is -2.11. The van der Waals surface area contributed by atoms with Crippen molar-refractivity contribution in [3.63, 3.8) is 0 Å². The second-order valence-electron chi connectivity index (χ2n) is 7.68. The van der Waals surface area contributed by atoms with Crippen LogP contribution in [-0.4, -0.2) is 24.5 Å². The molecule has 5 nitrogen and oxygen atoms in total. The van der Waals surface area contributed by atoms with Gasteiger partial charge in [-0.05, 0) is 47.2 Å². The molecule has 0 saturated heterocycles. The Labute approximate surface area is 153 Å². The number of fused-ring (bicyclic) bond motifs is 2. The molecule has 0 aliphatic rings. The van der Waals surface area contributed by atoms with E-state index in [4.69, 9.17) is 0 Å². The van der Waals surface area contributed by atoms with Gasteiger partial charge in [-0.1, -0.05) is 32.9 Å². The van der Waals surface area contributed by atoms with E-state index < -0.39 is 0 Å². The van der Waals surface area contributed by atoms with Gasteiger partial charge in [-0.2, -0.15) is 0 Å². The molecule has 0 bridgehead atoms. The van der Waals surface area contributed by atoms with Crippen LogP contribution in [0.1, 0.15) is 50.7 Å². The van der Waals surface area contributed by atoms with E-state index in [2.05, 4.69) is 78.9 Å². The minimum atomic E-state index is 0.397. The van der Waals surface area contributed by atoms with E-state index in [9.17, 15) is 0 Å². The van der Waals surface area contributed by atoms with Crippen molar-refractivity contribution >= 4 is 22.1 Å². The maximum atomic E-state index is 4.62. The van der Waals surface area contributed by atoms with Crippen LogP contribution >= 0.6 is 0 Å². The lowest BCUT2D eigenvalue weighted by atomic mass is 9.97. The maximum Gasteiger partial charge on any atom is 0.140 e. The lowest BCUT2D eigenvalue weighted by Crippen LogP contribution is -1.99. The molecule has 1 aromatic carbocycles. The standard InChI is InChI=1S/C21H25N5/c1-12(2)15-7-8-22-21-17(15)11-19(25(21)5)14-9-16(13(3)4)20-18(10-14)23-24-26(20)6/h7-13H,1-6H3. The summed E-state index contributed by atoms with van der Waals surface area (Å²) in [6, 6.07) is 8.80. The molecule has 0 atom stereocenters. The third-order valence-corrected chi connectivity index (χ3v) is 5.23. The van der Waals surface area contributed by atoms with Gasteiger partial charge in [-0.15, -0.1) is 5.10 Å². The molecule has 0 amide bonds. The summed E-state index contributed by atoms with van der Waals surface area (Å²) in [7, 11) is 4.04. The van der Waals surface area contributed by atoms with Gasteiger partial charge >= 0.3 is 0 Å². The first-order valence-electron chi connectivity index (χ1n) is 9.16. The first-order chi connectivity index (χ1) is 12.4. The highest BCUT2D eigenvalue weighted by atomic mass is 15.4. The minimum absolute atomic E-state index is 0.397. The zero-order valence-corrected chi connectivity index (χ0v) is 16.3. The van der Waals surface area contributed by atoms with Crippen molar-refractivity contribution in [2.75, 3.05) is 0 Å². The van der Waals surface area contributed by atoms with Crippen molar-refractivity contribution in [3.05, 3.63) is 41.6 Å². The molecule has 4 aromatic rings. The van der Waals surface area contributed by atoms with E-state index in [0.717, 1.165) is 27.9 Å². The number of rotatable bonds is 3. The van der Waals surface area contributed by atoms with Gasteiger partial charge < -0.3 is 4.57 Å². The summed E-state index contributed by atoms with van der Waals surface area (Å²) in [6.07, 6.45) is 1.91. The van der Waals surface area contributed by atoms with Crippen molar-refractivity contribution in [1.82, 2.24) is 24.5 Å². The van der Waals surface area contributed by atoms with Crippen LogP contribution in [-0.2, 0) is 14.1 Å². The average molecular weight is 347 g/mol. The third kappa shape index (κ3) is 2.42. The second kappa shape index (κ2) is 5.94. The molecule has 0 radical (unpaired) electrons. The van der Waals surface area contributed by atoms with Crippen LogP contribution in [0, 0.1) is 0 Å². The van der Waals surface area contributed by atoms with Crippen LogP contribution in [0.5, 0.6) is 0 Å². The highest BCUT2D eigenvalue weighted by Crippen LogP contribution is 2.34. The Morgan fingerprint density at radius 1 is 0.923 bits per heavy atom. The average Bonchev–Trinajstić information content (AvgIpc) is 3.14. The summed E-state index contributed by atoms with van der Waals surface area (Å²) in [5.74, 6) is 0.859. The molecule has 4 rings (SSSR count). The second-order valence-corrected chi connectivity index (χ2v) is 7.68. The topological polar surface area (TPSA) is 48.5 Å². The quantitative estimate of drug-likeness (QED) is 0.536. The van der Waals surface area contributed by atoms with E-state index >= 15 is 0 Å². The molecule has 5 heteroatoms. The van der Waals surface area contributed by atoms with E-state index in [1.54, 1.807) is 0 Å². The first-order valence-corrected chi connectivity index (χ1v) is 9.16. The Morgan fingerprint density at radius 3 is 2.35 bits per heavy atom. The number of pyridine rings is 1. The van der Waals surface area contributed by atoms with Crippen molar-refractivity contribution in [3.8, 4) is 11.3 Å². The summed E-state index contributed by atoms with van der Waals surface area (Å²) in [6.45, 7) is 8.88. The SMILES string of the molecule is CC(C)c1ccnc2c1cc(-c1cc(C(C)C)c3c(c1)nnn3C)n2C. The van der Waals surface area contributed by atoms with Crippen molar-refractivity contribution in [1.29, 1.82) is 0 Å². The Hall–Kier alpha value is -2.69. The zero-order chi connectivity index (χ0) is 18.6. The highest BCUT2D eigenvalue weighted by molar-refractivity contribution is 5.90. The molecule has 3 aromatic heterocycles. The first kappa shape index (κ1) is 16.8. The summed E-state index contributed by atoms with van der Waals surface area (Å²) in [5, 5.41) is 9.82. The van der Waals surface area contributed by atoms with E-state index in [-0.39, 0.29) is 0 Å². The van der Waals surface area contributed by atoms with E-state index in [0.29, 0.717) is 11.8 Å². The summed E-state index contributed by atoms with van der Waals surface area (Å²) < 4.78 is 4.05. The number of aryl methyl sites for hydroxylation is 2. The molecular weight excluding hydrogens is 322 g/mol. The van der Waals surface area contributed by atoms with Crippen LogP contribution in [0.25, 0.3) is 33.3 Å². The number of benzene rings is 1. The normalized spacial score (nSPS) is 12.2. The van der Waals surface area contributed by atoms with Crippen molar-refractivity contribution in [2.45, 2.75) is 39.5 Å². The highest BCUT2D eigenvalue weighted by Gasteiger charge is 2.17. The smallest absolute Gasteiger partial charge is 0.140 e. The molecule has 0 fully saturated rings. The molecular formula is C21H25N5. The predicted molar refractivity (Wildman–Crippen MR) is 106 cm³/mol. The fourth-order valence-electron chi connectivity index (χ4n) is 3.84. The Balaban J connectivity index is 2.01. The van der Waals surface area contributed by atoms with Gasteiger partial charge in [-0.3, -0.25) is 0 Å². The molecule has 0 spiro atoms. The van der Waals surface area contributed by atoms with Gasteiger partial charge in [0.15, 0.2) is 0 Å². The summed E-state index contributed by atoms with van der Waals surface area (Å²) in [4.78, 5) is 4.62. The lowest BCUT2D eigenvalue weighted by molar-refractivity contribution is 0.729. The summed E-state index contributed by atoms with van der Waals surface area (Å²) >= 11 is 0. The zero-order valence-electron chi connectivity index (χ0n) is 16.3. The van der Waals surface area contributed by atoms with Crippen LogP contribution in [0.3, 0.4) is 0 Å². The molecule has 26 heavy (non-hydrogen) atoms. The minimum Gasteiger partial charge on any atom is -0.328 e. The molecule has 0 N–H and O–H groups in total. The van der Waals surface area contributed by atoms with Gasteiger partial charge in [0, 0.05) is 31.2 Å². The predicted octanol–water partition coefficient (Wildman–Crippen LogP) is 4.77. The fourth-order valence-corrected chi connectivity index (χ4v) is 3.84. The summed E-state index contributed by atoms with van der Waals surface area (Å²) in [5.41, 5.74) is 8.01. The van der Waals surface area contributed by atoms with E-state index in [1.807, 2.05) is 17.9 Å². The molecule has 3 heterocycles. The van der Waals surface area contributed by atoms with Crippen LogP contribution in [0.2, 0.25) is 0 Å². The molecule has 134 valence electrons. The molecule has 0 unspecified atom stereocenters. The molecule has 0 aliphatic heterocycles. The molecule has 0 saturated carbocycles. The number of aromatic nitrogens is 5. The van der Waals surface area contributed by atoms with Crippen molar-refractivity contribution < 1.29 is 0 Å². The number of hydrogen-bond acceptors (Lipinski definition) is 3. The largest absolute Gasteiger partial charge is 0.328 e. The van der Waals surface area contributed by atoms with Gasteiger partial charge in [0.05, 0.1) is 11.2 Å². The third-order valence-electron chi connectivity index (χ3n) is 5.23. The van der Waals surface area contributed by atoms with Gasteiger partial charge in [0.25, 0.3) is 0 Å². The van der Waals surface area contributed by atoms with Crippen LogP contribution < -0.4 is 0 Å². The van der Waals surface area contributed by atoms with Crippen molar-refractivity contribution in [2.24, 2.45) is 14.1 Å². The van der Waals surface area contributed by atoms with Gasteiger partial charge in [0.2, 0.25) is 0 Å². The maximum absolute atomic E-state index is 4.62. The number of hydrogen-bond donors (Lipinski definition) is 0. The Kier molecular flexibility index (Phi) is 3.83. The Bertz CT molecular complexity index is 1110. The molecule has 0 aliphatic carbocycles. The van der Waals surface area contributed by atoms with Crippen LogP contribution in [0.4, 0.5) is 0 Å². The van der Waals surface area contributed by atoms with E-state index in [1.165, 1.54) is 16.5 Å². The van der Waals surface area contributed by atoms with Crippen LogP contribution in [0.15, 0.2) is 30.5 Å². The van der Waals surface area contributed by atoms with Gasteiger partial charge in [0.1, 0.15) is 11.2 Å². The monoisotopic (exact) mass is 347 g/mol.